The van der Waals surface area contributed by atoms with Gasteiger partial charge in [0.2, 0.25) is 0 Å². The molecule has 16 heavy (non-hydrogen) atoms. The second-order valence-electron chi connectivity index (χ2n) is 5.48. The van der Waals surface area contributed by atoms with Crippen LogP contribution >= 0.6 is 0 Å². The van der Waals surface area contributed by atoms with Crippen molar-refractivity contribution < 1.29 is 0 Å². The van der Waals surface area contributed by atoms with Crippen molar-refractivity contribution in [2.45, 2.75) is 20.3 Å². The fraction of sp³-hybridized carbons (Fsp3) is 0.571. The summed E-state index contributed by atoms with van der Waals surface area (Å²) >= 11 is 0. The molecule has 1 aromatic rings. The van der Waals surface area contributed by atoms with Crippen LogP contribution in [0.15, 0.2) is 30.3 Å². The van der Waals surface area contributed by atoms with Crippen LogP contribution in [-0.4, -0.2) is 31.1 Å². The molecule has 2 nitrogen and oxygen atoms in total. The molecule has 0 radical (unpaired) electrons. The fourth-order valence-electron chi connectivity index (χ4n) is 2.33. The van der Waals surface area contributed by atoms with Crippen LogP contribution in [0.2, 0.25) is 0 Å². The van der Waals surface area contributed by atoms with Gasteiger partial charge < -0.3 is 10.2 Å². The van der Waals surface area contributed by atoms with Crippen molar-refractivity contribution in [1.82, 2.24) is 4.90 Å². The SMILES string of the molecule is CC1(C)CCN(CCNc2ccccc2)C1. The lowest BCUT2D eigenvalue weighted by Crippen LogP contribution is -2.28. The van der Waals surface area contributed by atoms with Gasteiger partial charge in [-0.25, -0.2) is 0 Å². The van der Waals surface area contributed by atoms with Crippen LogP contribution in [0.1, 0.15) is 20.3 Å². The van der Waals surface area contributed by atoms with Gasteiger partial charge in [-0.3, -0.25) is 0 Å². The lowest BCUT2D eigenvalue weighted by molar-refractivity contribution is 0.300. The number of para-hydroxylation sites is 1. The highest BCUT2D eigenvalue weighted by atomic mass is 15.2. The van der Waals surface area contributed by atoms with Gasteiger partial charge in [-0.1, -0.05) is 32.0 Å². The average molecular weight is 218 g/mol. The van der Waals surface area contributed by atoms with Crippen LogP contribution in [0.3, 0.4) is 0 Å². The minimum absolute atomic E-state index is 0.521. The maximum Gasteiger partial charge on any atom is 0.0340 e. The van der Waals surface area contributed by atoms with Crippen LogP contribution in [0.4, 0.5) is 5.69 Å². The Morgan fingerprint density at radius 3 is 2.62 bits per heavy atom. The van der Waals surface area contributed by atoms with Crippen LogP contribution in [0.5, 0.6) is 0 Å². The molecule has 1 saturated heterocycles. The number of nitrogens with zero attached hydrogens (tertiary/aromatic N) is 1. The number of rotatable bonds is 4. The quantitative estimate of drug-likeness (QED) is 0.836. The average Bonchev–Trinajstić information content (AvgIpc) is 2.60. The highest BCUT2D eigenvalue weighted by molar-refractivity contribution is 5.42. The molecule has 88 valence electrons. The predicted molar refractivity (Wildman–Crippen MR) is 69.8 cm³/mol. The number of anilines is 1. The van der Waals surface area contributed by atoms with Crippen molar-refractivity contribution in [2.24, 2.45) is 5.41 Å². The molecule has 0 unspecified atom stereocenters. The van der Waals surface area contributed by atoms with E-state index in [0.29, 0.717) is 5.41 Å². The Labute approximate surface area is 98.7 Å². The van der Waals surface area contributed by atoms with E-state index >= 15 is 0 Å². The Bertz CT molecular complexity index is 319. The molecular formula is C14H22N2. The van der Waals surface area contributed by atoms with Gasteiger partial charge in [-0.2, -0.15) is 0 Å². The molecule has 0 aliphatic carbocycles. The summed E-state index contributed by atoms with van der Waals surface area (Å²) < 4.78 is 0. The molecule has 1 aliphatic heterocycles. The molecule has 0 bridgehead atoms. The summed E-state index contributed by atoms with van der Waals surface area (Å²) in [6.07, 6.45) is 1.33. The van der Waals surface area contributed by atoms with Gasteiger partial charge in [0.25, 0.3) is 0 Å². The first-order valence-electron chi connectivity index (χ1n) is 6.17. The molecule has 2 heteroatoms. The maximum absolute atomic E-state index is 3.46. The lowest BCUT2D eigenvalue weighted by atomic mass is 9.93. The molecule has 1 aromatic carbocycles. The first kappa shape index (κ1) is 11.5. The molecule has 0 spiro atoms. The second-order valence-corrected chi connectivity index (χ2v) is 5.48. The normalized spacial score (nSPS) is 19.9. The Hall–Kier alpha value is -1.02. The van der Waals surface area contributed by atoms with Crippen molar-refractivity contribution >= 4 is 5.69 Å². The zero-order valence-corrected chi connectivity index (χ0v) is 10.4. The van der Waals surface area contributed by atoms with Crippen LogP contribution < -0.4 is 5.32 Å². The number of nitrogens with one attached hydrogen (secondary N) is 1. The molecule has 1 heterocycles. The van der Waals surface area contributed by atoms with Gasteiger partial charge in [0.05, 0.1) is 0 Å². The Balaban J connectivity index is 1.70. The molecule has 0 atom stereocenters. The van der Waals surface area contributed by atoms with Gasteiger partial charge in [0.1, 0.15) is 0 Å². The van der Waals surface area contributed by atoms with Crippen LogP contribution in [0.25, 0.3) is 0 Å². The summed E-state index contributed by atoms with van der Waals surface area (Å²) in [4.78, 5) is 2.55. The fourth-order valence-corrected chi connectivity index (χ4v) is 2.33. The van der Waals surface area contributed by atoms with E-state index in [1.807, 2.05) is 6.07 Å². The third-order valence-electron chi connectivity index (χ3n) is 3.29. The minimum Gasteiger partial charge on any atom is -0.384 e. The van der Waals surface area contributed by atoms with Gasteiger partial charge in [-0.15, -0.1) is 0 Å². The van der Waals surface area contributed by atoms with Gasteiger partial charge in [-0.05, 0) is 30.5 Å². The van der Waals surface area contributed by atoms with Crippen molar-refractivity contribution in [3.63, 3.8) is 0 Å². The van der Waals surface area contributed by atoms with E-state index in [1.165, 1.54) is 25.2 Å². The van der Waals surface area contributed by atoms with Crippen molar-refractivity contribution in [3.8, 4) is 0 Å². The zero-order chi connectivity index (χ0) is 11.4. The van der Waals surface area contributed by atoms with Crippen molar-refractivity contribution in [1.29, 1.82) is 0 Å². The van der Waals surface area contributed by atoms with Gasteiger partial charge in [0.15, 0.2) is 0 Å². The predicted octanol–water partition coefficient (Wildman–Crippen LogP) is 2.83. The highest BCUT2D eigenvalue weighted by Gasteiger charge is 2.28. The summed E-state index contributed by atoms with van der Waals surface area (Å²) in [6.45, 7) is 9.40. The van der Waals surface area contributed by atoms with Crippen LogP contribution in [-0.2, 0) is 0 Å². The molecule has 0 saturated carbocycles. The van der Waals surface area contributed by atoms with E-state index in [0.717, 1.165) is 13.1 Å². The highest BCUT2D eigenvalue weighted by Crippen LogP contribution is 2.28. The van der Waals surface area contributed by atoms with Gasteiger partial charge >= 0.3 is 0 Å². The number of likely N-dealkylation sites (tertiary alicyclic amines) is 1. The zero-order valence-electron chi connectivity index (χ0n) is 10.4. The summed E-state index contributed by atoms with van der Waals surface area (Å²) in [5.41, 5.74) is 1.74. The van der Waals surface area contributed by atoms with E-state index in [4.69, 9.17) is 0 Å². The minimum atomic E-state index is 0.521. The monoisotopic (exact) mass is 218 g/mol. The molecule has 1 fully saturated rings. The summed E-state index contributed by atoms with van der Waals surface area (Å²) in [5, 5.41) is 3.46. The number of hydrogen-bond donors (Lipinski definition) is 1. The molecule has 0 aromatic heterocycles. The summed E-state index contributed by atoms with van der Waals surface area (Å²) in [5.74, 6) is 0. The number of benzene rings is 1. The topological polar surface area (TPSA) is 15.3 Å². The maximum atomic E-state index is 3.46. The van der Waals surface area contributed by atoms with Crippen molar-refractivity contribution in [2.75, 3.05) is 31.5 Å². The molecular weight excluding hydrogens is 196 g/mol. The van der Waals surface area contributed by atoms with E-state index < -0.39 is 0 Å². The largest absolute Gasteiger partial charge is 0.384 e. The third kappa shape index (κ3) is 3.24. The van der Waals surface area contributed by atoms with Crippen molar-refractivity contribution in [3.05, 3.63) is 30.3 Å². The van der Waals surface area contributed by atoms with E-state index in [1.54, 1.807) is 0 Å². The van der Waals surface area contributed by atoms with Gasteiger partial charge in [0, 0.05) is 25.3 Å². The smallest absolute Gasteiger partial charge is 0.0340 e. The van der Waals surface area contributed by atoms with E-state index in [-0.39, 0.29) is 0 Å². The number of hydrogen-bond acceptors (Lipinski definition) is 2. The first-order chi connectivity index (χ1) is 7.66. The second kappa shape index (κ2) is 4.88. The van der Waals surface area contributed by atoms with E-state index in [9.17, 15) is 0 Å². The molecule has 2 rings (SSSR count). The molecule has 1 aliphatic rings. The molecule has 1 N–H and O–H groups in total. The Morgan fingerprint density at radius 2 is 2.00 bits per heavy atom. The van der Waals surface area contributed by atoms with E-state index in [2.05, 4.69) is 48.3 Å². The van der Waals surface area contributed by atoms with Crippen LogP contribution in [0, 0.1) is 5.41 Å². The third-order valence-corrected chi connectivity index (χ3v) is 3.29. The summed E-state index contributed by atoms with van der Waals surface area (Å²) in [7, 11) is 0. The summed E-state index contributed by atoms with van der Waals surface area (Å²) in [6, 6.07) is 10.4. The first-order valence-corrected chi connectivity index (χ1v) is 6.17. The Morgan fingerprint density at radius 1 is 1.25 bits per heavy atom. The standard InChI is InChI=1S/C14H22N2/c1-14(2)8-10-16(12-14)11-9-15-13-6-4-3-5-7-13/h3-7,15H,8-12H2,1-2H3. The Kier molecular flexibility index (Phi) is 3.49. The lowest BCUT2D eigenvalue weighted by Gasteiger charge is -2.19. The molecule has 0 amide bonds.